The van der Waals surface area contributed by atoms with Gasteiger partial charge in [0.25, 0.3) is 5.91 Å². The van der Waals surface area contributed by atoms with Crippen LogP contribution in [0.15, 0.2) is 42.9 Å². The van der Waals surface area contributed by atoms with Gasteiger partial charge in [0.2, 0.25) is 0 Å². The van der Waals surface area contributed by atoms with E-state index in [-0.39, 0.29) is 5.91 Å². The van der Waals surface area contributed by atoms with Crippen LogP contribution in [0, 0.1) is 0 Å². The predicted molar refractivity (Wildman–Crippen MR) is 95.4 cm³/mol. The van der Waals surface area contributed by atoms with Crippen molar-refractivity contribution >= 4 is 11.6 Å². The summed E-state index contributed by atoms with van der Waals surface area (Å²) in [4.78, 5) is 22.7. The van der Waals surface area contributed by atoms with Crippen molar-refractivity contribution in [3.05, 3.63) is 54.1 Å². The second kappa shape index (κ2) is 9.10. The van der Waals surface area contributed by atoms with E-state index in [0.29, 0.717) is 18.8 Å². The lowest BCUT2D eigenvalue weighted by atomic mass is 10.2. The van der Waals surface area contributed by atoms with E-state index in [1.165, 1.54) is 0 Å². The molecule has 0 spiro atoms. The number of anilines is 1. The van der Waals surface area contributed by atoms with Crippen molar-refractivity contribution in [2.24, 2.45) is 0 Å². The Morgan fingerprint density at radius 2 is 1.96 bits per heavy atom. The lowest BCUT2D eigenvalue weighted by Crippen LogP contribution is -2.41. The smallest absolute Gasteiger partial charge is 0.269 e. The van der Waals surface area contributed by atoms with E-state index >= 15 is 0 Å². The molecule has 1 saturated heterocycles. The molecule has 1 aliphatic rings. The highest BCUT2D eigenvalue weighted by Gasteiger charge is 2.11. The first kappa shape index (κ1) is 17.3. The average molecular weight is 341 g/mol. The van der Waals surface area contributed by atoms with E-state index in [1.54, 1.807) is 24.7 Å². The third kappa shape index (κ3) is 5.51. The number of ether oxygens (including phenoxy) is 1. The summed E-state index contributed by atoms with van der Waals surface area (Å²) < 4.78 is 5.32. The van der Waals surface area contributed by atoms with Gasteiger partial charge in [-0.1, -0.05) is 0 Å². The van der Waals surface area contributed by atoms with Gasteiger partial charge >= 0.3 is 0 Å². The van der Waals surface area contributed by atoms with Crippen molar-refractivity contribution in [3.8, 4) is 0 Å². The number of carbonyl (C=O) groups excluding carboxylic acids is 1. The van der Waals surface area contributed by atoms with Gasteiger partial charge in [-0.3, -0.25) is 19.7 Å². The maximum atomic E-state index is 12.3. The molecule has 1 fully saturated rings. The zero-order valence-corrected chi connectivity index (χ0v) is 14.1. The summed E-state index contributed by atoms with van der Waals surface area (Å²) >= 11 is 0. The van der Waals surface area contributed by atoms with Crippen LogP contribution in [0.1, 0.15) is 16.1 Å². The van der Waals surface area contributed by atoms with Crippen molar-refractivity contribution in [2.75, 3.05) is 44.7 Å². The molecule has 1 amide bonds. The number of aromatic nitrogens is 2. The highest BCUT2D eigenvalue weighted by Crippen LogP contribution is 2.10. The largest absolute Gasteiger partial charge is 0.381 e. The van der Waals surface area contributed by atoms with Gasteiger partial charge in [-0.05, 0) is 29.8 Å². The van der Waals surface area contributed by atoms with Crippen molar-refractivity contribution in [1.29, 1.82) is 0 Å². The zero-order chi connectivity index (χ0) is 17.3. The number of rotatable bonds is 7. The predicted octanol–water partition coefficient (Wildman–Crippen LogP) is 1.15. The van der Waals surface area contributed by atoms with Gasteiger partial charge in [-0.15, -0.1) is 0 Å². The molecule has 0 bridgehead atoms. The molecule has 25 heavy (non-hydrogen) atoms. The fourth-order valence-electron chi connectivity index (χ4n) is 2.61. The van der Waals surface area contributed by atoms with Crippen LogP contribution in [0.25, 0.3) is 0 Å². The molecule has 3 heterocycles. The van der Waals surface area contributed by atoms with Gasteiger partial charge in [-0.2, -0.15) is 0 Å². The van der Waals surface area contributed by atoms with E-state index in [2.05, 4.69) is 25.5 Å². The van der Waals surface area contributed by atoms with Gasteiger partial charge in [0.15, 0.2) is 0 Å². The highest BCUT2D eigenvalue weighted by molar-refractivity contribution is 5.93. The van der Waals surface area contributed by atoms with Crippen LogP contribution < -0.4 is 10.6 Å². The normalized spacial score (nSPS) is 14.9. The summed E-state index contributed by atoms with van der Waals surface area (Å²) in [5.41, 5.74) is 2.41. The van der Waals surface area contributed by atoms with E-state index in [4.69, 9.17) is 4.74 Å². The molecule has 0 radical (unpaired) electrons. The SMILES string of the molecule is O=C(NCCN1CCOCC1)c1cc(NCc2ccncc2)ccn1. The van der Waals surface area contributed by atoms with Gasteiger partial charge in [0.1, 0.15) is 5.69 Å². The molecule has 3 rings (SSSR count). The molecule has 1 aliphatic heterocycles. The van der Waals surface area contributed by atoms with Crippen molar-refractivity contribution in [2.45, 2.75) is 6.54 Å². The van der Waals surface area contributed by atoms with Crippen LogP contribution in [-0.2, 0) is 11.3 Å². The Morgan fingerprint density at radius 1 is 1.16 bits per heavy atom. The average Bonchev–Trinajstić information content (AvgIpc) is 2.68. The molecule has 0 aromatic carbocycles. The Labute approximate surface area is 147 Å². The molecule has 7 heteroatoms. The third-order valence-electron chi connectivity index (χ3n) is 4.06. The maximum Gasteiger partial charge on any atom is 0.269 e. The Morgan fingerprint density at radius 3 is 2.76 bits per heavy atom. The summed E-state index contributed by atoms with van der Waals surface area (Å²) in [6.45, 7) is 5.47. The maximum absolute atomic E-state index is 12.3. The molecule has 0 atom stereocenters. The van der Waals surface area contributed by atoms with Crippen molar-refractivity contribution < 1.29 is 9.53 Å². The lowest BCUT2D eigenvalue weighted by molar-refractivity contribution is 0.0383. The molecule has 2 aromatic rings. The summed E-state index contributed by atoms with van der Waals surface area (Å²) in [5, 5.41) is 6.22. The first-order valence-corrected chi connectivity index (χ1v) is 8.48. The highest BCUT2D eigenvalue weighted by atomic mass is 16.5. The molecule has 0 saturated carbocycles. The van der Waals surface area contributed by atoms with Gasteiger partial charge in [-0.25, -0.2) is 0 Å². The van der Waals surface area contributed by atoms with E-state index in [0.717, 1.165) is 44.1 Å². The third-order valence-corrected chi connectivity index (χ3v) is 4.06. The number of morpholine rings is 1. The zero-order valence-electron chi connectivity index (χ0n) is 14.1. The van der Waals surface area contributed by atoms with Crippen LogP contribution in [-0.4, -0.2) is 60.2 Å². The first-order chi connectivity index (χ1) is 12.3. The first-order valence-electron chi connectivity index (χ1n) is 8.48. The summed E-state index contributed by atoms with van der Waals surface area (Å²) in [7, 11) is 0. The van der Waals surface area contributed by atoms with Gasteiger partial charge in [0.05, 0.1) is 13.2 Å². The fourth-order valence-corrected chi connectivity index (χ4v) is 2.61. The summed E-state index contributed by atoms with van der Waals surface area (Å²) in [6, 6.07) is 7.53. The number of nitrogens with zero attached hydrogens (tertiary/aromatic N) is 3. The Kier molecular flexibility index (Phi) is 6.30. The molecule has 0 unspecified atom stereocenters. The minimum atomic E-state index is -0.152. The molecular weight excluding hydrogens is 318 g/mol. The molecule has 2 aromatic heterocycles. The number of pyridine rings is 2. The molecule has 2 N–H and O–H groups in total. The summed E-state index contributed by atoms with van der Waals surface area (Å²) in [5.74, 6) is -0.152. The fraction of sp³-hybridized carbons (Fsp3) is 0.389. The van der Waals surface area contributed by atoms with Crippen molar-refractivity contribution in [1.82, 2.24) is 20.2 Å². The molecule has 0 aliphatic carbocycles. The van der Waals surface area contributed by atoms with Gasteiger partial charge < -0.3 is 15.4 Å². The number of hydrogen-bond donors (Lipinski definition) is 2. The monoisotopic (exact) mass is 341 g/mol. The van der Waals surface area contributed by atoms with Crippen molar-refractivity contribution in [3.63, 3.8) is 0 Å². The van der Waals surface area contributed by atoms with E-state index in [9.17, 15) is 4.79 Å². The molecular formula is C18H23N5O2. The van der Waals surface area contributed by atoms with E-state index in [1.807, 2.05) is 18.2 Å². The number of amides is 1. The minimum Gasteiger partial charge on any atom is -0.381 e. The topological polar surface area (TPSA) is 79.4 Å². The quantitative estimate of drug-likeness (QED) is 0.786. The number of nitrogens with one attached hydrogen (secondary N) is 2. The van der Waals surface area contributed by atoms with Gasteiger partial charge in [0, 0.05) is 57.0 Å². The van der Waals surface area contributed by atoms with Crippen LogP contribution in [0.5, 0.6) is 0 Å². The second-order valence-corrected chi connectivity index (χ2v) is 5.85. The number of carbonyl (C=O) groups is 1. The molecule has 132 valence electrons. The standard InChI is InChI=1S/C18H23N5O2/c24-18(21-7-8-23-9-11-25-12-10-23)17-13-16(3-6-20-17)22-14-15-1-4-19-5-2-15/h1-6,13H,7-12,14H2,(H,20,22)(H,21,24). The van der Waals surface area contributed by atoms with Crippen LogP contribution in [0.2, 0.25) is 0 Å². The van der Waals surface area contributed by atoms with Crippen LogP contribution >= 0.6 is 0 Å². The second-order valence-electron chi connectivity index (χ2n) is 5.85. The Balaban J connectivity index is 1.47. The van der Waals surface area contributed by atoms with Crippen LogP contribution in [0.4, 0.5) is 5.69 Å². The lowest BCUT2D eigenvalue weighted by Gasteiger charge is -2.26. The van der Waals surface area contributed by atoms with E-state index < -0.39 is 0 Å². The summed E-state index contributed by atoms with van der Waals surface area (Å²) in [6.07, 6.45) is 5.17. The Hall–Kier alpha value is -2.51. The number of hydrogen-bond acceptors (Lipinski definition) is 6. The molecule has 7 nitrogen and oxygen atoms in total. The van der Waals surface area contributed by atoms with Crippen LogP contribution in [0.3, 0.4) is 0 Å². The minimum absolute atomic E-state index is 0.152. The Bertz CT molecular complexity index is 674.